The standard InChI is InChI=1S/C12H15N5OS/c1-2-3-8-6-11(18)16-12(15-8)19-9-4-5-14-10(7-9)17-13/h4-7H,2-3,13H2,1H3,(H,14,17)(H,15,16,18). The molecule has 2 heterocycles. The number of rotatable bonds is 5. The van der Waals surface area contributed by atoms with E-state index in [1.165, 1.54) is 17.8 Å². The molecule has 4 N–H and O–H groups in total. The molecule has 0 amide bonds. The first kappa shape index (κ1) is 13.6. The van der Waals surface area contributed by atoms with Crippen molar-refractivity contribution in [1.82, 2.24) is 15.0 Å². The van der Waals surface area contributed by atoms with E-state index in [1.807, 2.05) is 6.07 Å². The van der Waals surface area contributed by atoms with Gasteiger partial charge in [0.15, 0.2) is 5.16 Å². The van der Waals surface area contributed by atoms with Crippen molar-refractivity contribution in [2.75, 3.05) is 5.43 Å². The van der Waals surface area contributed by atoms with E-state index in [4.69, 9.17) is 5.84 Å². The number of aromatic nitrogens is 3. The summed E-state index contributed by atoms with van der Waals surface area (Å²) in [6.45, 7) is 2.05. The van der Waals surface area contributed by atoms with Gasteiger partial charge < -0.3 is 10.4 Å². The lowest BCUT2D eigenvalue weighted by Gasteiger charge is -2.04. The van der Waals surface area contributed by atoms with Crippen LogP contribution in [-0.2, 0) is 6.42 Å². The van der Waals surface area contributed by atoms with Crippen LogP contribution in [0.2, 0.25) is 0 Å². The van der Waals surface area contributed by atoms with Gasteiger partial charge in [0.2, 0.25) is 0 Å². The van der Waals surface area contributed by atoms with Crippen molar-refractivity contribution in [3.05, 3.63) is 40.4 Å². The van der Waals surface area contributed by atoms with Crippen LogP contribution in [-0.4, -0.2) is 15.0 Å². The van der Waals surface area contributed by atoms with Crippen molar-refractivity contribution >= 4 is 17.6 Å². The number of aromatic amines is 1. The van der Waals surface area contributed by atoms with Crippen LogP contribution in [0.1, 0.15) is 19.0 Å². The SMILES string of the molecule is CCCc1cc(=O)[nH]c(Sc2ccnc(NN)c2)n1. The Hall–Kier alpha value is -1.86. The van der Waals surface area contributed by atoms with Crippen molar-refractivity contribution in [2.24, 2.45) is 5.84 Å². The topological polar surface area (TPSA) is 96.7 Å². The van der Waals surface area contributed by atoms with Gasteiger partial charge in [-0.3, -0.25) is 4.79 Å². The van der Waals surface area contributed by atoms with Crippen LogP contribution >= 0.6 is 11.8 Å². The van der Waals surface area contributed by atoms with Gasteiger partial charge in [-0.2, -0.15) is 0 Å². The number of hydrogen-bond acceptors (Lipinski definition) is 6. The number of hydrogen-bond donors (Lipinski definition) is 3. The highest BCUT2D eigenvalue weighted by atomic mass is 32.2. The second kappa shape index (κ2) is 6.35. The fourth-order valence-corrected chi connectivity index (χ4v) is 2.42. The first-order valence-corrected chi connectivity index (χ1v) is 6.73. The molecule has 100 valence electrons. The summed E-state index contributed by atoms with van der Waals surface area (Å²) in [5, 5.41) is 0.574. The molecule has 0 saturated heterocycles. The molecule has 2 aromatic rings. The number of H-pyrrole nitrogens is 1. The van der Waals surface area contributed by atoms with Gasteiger partial charge in [0.25, 0.3) is 5.56 Å². The normalized spacial score (nSPS) is 10.4. The number of nitrogens with zero attached hydrogens (tertiary/aromatic N) is 2. The van der Waals surface area contributed by atoms with Crippen LogP contribution in [0, 0.1) is 0 Å². The van der Waals surface area contributed by atoms with Crippen LogP contribution in [0.5, 0.6) is 0 Å². The Kier molecular flexibility index (Phi) is 4.53. The lowest BCUT2D eigenvalue weighted by Crippen LogP contribution is -2.10. The van der Waals surface area contributed by atoms with E-state index in [0.29, 0.717) is 11.0 Å². The Labute approximate surface area is 114 Å². The highest BCUT2D eigenvalue weighted by Crippen LogP contribution is 2.25. The predicted molar refractivity (Wildman–Crippen MR) is 75.0 cm³/mol. The minimum absolute atomic E-state index is 0.132. The molecule has 0 spiro atoms. The number of nitrogen functional groups attached to an aromatic ring is 1. The van der Waals surface area contributed by atoms with E-state index in [0.717, 1.165) is 23.4 Å². The lowest BCUT2D eigenvalue weighted by atomic mass is 10.2. The number of aryl methyl sites for hydroxylation is 1. The number of anilines is 1. The van der Waals surface area contributed by atoms with Crippen molar-refractivity contribution in [1.29, 1.82) is 0 Å². The van der Waals surface area contributed by atoms with E-state index >= 15 is 0 Å². The van der Waals surface area contributed by atoms with Crippen molar-refractivity contribution in [2.45, 2.75) is 29.8 Å². The second-order valence-electron chi connectivity index (χ2n) is 3.92. The Morgan fingerprint density at radius 1 is 1.47 bits per heavy atom. The molecule has 0 aromatic carbocycles. The zero-order valence-electron chi connectivity index (χ0n) is 10.5. The van der Waals surface area contributed by atoms with Crippen LogP contribution < -0.4 is 16.8 Å². The van der Waals surface area contributed by atoms with Gasteiger partial charge in [-0.25, -0.2) is 15.8 Å². The van der Waals surface area contributed by atoms with Crippen LogP contribution in [0.4, 0.5) is 5.82 Å². The molecule has 2 rings (SSSR count). The fourth-order valence-electron chi connectivity index (χ4n) is 1.58. The molecule has 0 radical (unpaired) electrons. The van der Waals surface area contributed by atoms with Gasteiger partial charge in [-0.05, 0) is 18.6 Å². The maximum atomic E-state index is 11.5. The average Bonchev–Trinajstić information content (AvgIpc) is 2.38. The maximum Gasteiger partial charge on any atom is 0.251 e. The van der Waals surface area contributed by atoms with E-state index in [2.05, 4.69) is 27.3 Å². The minimum Gasteiger partial charge on any atom is -0.308 e. The van der Waals surface area contributed by atoms with Gasteiger partial charge in [-0.15, -0.1) is 0 Å². The third kappa shape index (κ3) is 3.80. The van der Waals surface area contributed by atoms with E-state index in [1.54, 1.807) is 12.3 Å². The third-order valence-electron chi connectivity index (χ3n) is 2.37. The Morgan fingerprint density at radius 2 is 2.32 bits per heavy atom. The zero-order valence-corrected chi connectivity index (χ0v) is 11.3. The van der Waals surface area contributed by atoms with Gasteiger partial charge in [0.05, 0.1) is 0 Å². The summed E-state index contributed by atoms with van der Waals surface area (Å²) in [6.07, 6.45) is 3.39. The smallest absolute Gasteiger partial charge is 0.251 e. The van der Waals surface area contributed by atoms with Gasteiger partial charge in [-0.1, -0.05) is 25.1 Å². The number of pyridine rings is 1. The summed E-state index contributed by atoms with van der Waals surface area (Å²) < 4.78 is 0. The highest BCUT2D eigenvalue weighted by Gasteiger charge is 2.04. The molecule has 7 heteroatoms. The first-order valence-electron chi connectivity index (χ1n) is 5.92. The van der Waals surface area contributed by atoms with E-state index in [-0.39, 0.29) is 5.56 Å². The highest BCUT2D eigenvalue weighted by molar-refractivity contribution is 7.99. The molecule has 0 bridgehead atoms. The van der Waals surface area contributed by atoms with Crippen LogP contribution in [0.25, 0.3) is 0 Å². The van der Waals surface area contributed by atoms with Gasteiger partial charge in [0.1, 0.15) is 5.82 Å². The summed E-state index contributed by atoms with van der Waals surface area (Å²) >= 11 is 1.37. The Morgan fingerprint density at radius 3 is 3.05 bits per heavy atom. The van der Waals surface area contributed by atoms with Gasteiger partial charge in [0, 0.05) is 22.9 Å². The van der Waals surface area contributed by atoms with Crippen molar-refractivity contribution in [3.63, 3.8) is 0 Å². The molecule has 0 aliphatic heterocycles. The number of hydrazine groups is 1. The summed E-state index contributed by atoms with van der Waals surface area (Å²) in [4.78, 5) is 23.6. The Balaban J connectivity index is 2.24. The van der Waals surface area contributed by atoms with Crippen molar-refractivity contribution in [3.8, 4) is 0 Å². The number of nitrogens with two attached hydrogens (primary N) is 1. The zero-order chi connectivity index (χ0) is 13.7. The molecule has 0 unspecified atom stereocenters. The average molecular weight is 277 g/mol. The largest absolute Gasteiger partial charge is 0.308 e. The summed E-state index contributed by atoms with van der Waals surface area (Å²) in [7, 11) is 0. The van der Waals surface area contributed by atoms with E-state index < -0.39 is 0 Å². The third-order valence-corrected chi connectivity index (χ3v) is 3.25. The fraction of sp³-hybridized carbons (Fsp3) is 0.250. The molecular weight excluding hydrogens is 262 g/mol. The molecular formula is C12H15N5OS. The Bertz CT molecular complexity index is 613. The maximum absolute atomic E-state index is 11.5. The van der Waals surface area contributed by atoms with Gasteiger partial charge >= 0.3 is 0 Å². The van der Waals surface area contributed by atoms with Crippen molar-refractivity contribution < 1.29 is 0 Å². The minimum atomic E-state index is -0.132. The van der Waals surface area contributed by atoms with Crippen LogP contribution in [0.3, 0.4) is 0 Å². The molecule has 6 nitrogen and oxygen atoms in total. The quantitative estimate of drug-likeness (QED) is 0.436. The molecule has 0 saturated carbocycles. The summed E-state index contributed by atoms with van der Waals surface area (Å²) in [5.41, 5.74) is 3.15. The lowest BCUT2D eigenvalue weighted by molar-refractivity contribution is 0.816. The molecule has 2 aromatic heterocycles. The van der Waals surface area contributed by atoms with E-state index in [9.17, 15) is 4.79 Å². The number of nitrogens with one attached hydrogen (secondary N) is 2. The van der Waals surface area contributed by atoms with Crippen LogP contribution in [0.15, 0.2) is 39.2 Å². The molecule has 0 atom stereocenters. The second-order valence-corrected chi connectivity index (χ2v) is 4.98. The molecule has 0 aliphatic carbocycles. The monoisotopic (exact) mass is 277 g/mol. The molecule has 0 fully saturated rings. The molecule has 19 heavy (non-hydrogen) atoms. The predicted octanol–water partition coefficient (Wildman–Crippen LogP) is 1.55. The summed E-state index contributed by atoms with van der Waals surface area (Å²) in [6, 6.07) is 5.15. The molecule has 0 aliphatic rings. The first-order chi connectivity index (χ1) is 9.21. The summed E-state index contributed by atoms with van der Waals surface area (Å²) in [5.74, 6) is 5.87.